The minimum atomic E-state index is 0.0349. The second-order valence-electron chi connectivity index (χ2n) is 6.16. The summed E-state index contributed by atoms with van der Waals surface area (Å²) in [6.45, 7) is 7.18. The van der Waals surface area contributed by atoms with E-state index in [-0.39, 0.29) is 12.0 Å². The Morgan fingerprint density at radius 3 is 2.14 bits per heavy atom. The minimum Gasteiger partial charge on any atom is -0.488 e. The van der Waals surface area contributed by atoms with E-state index < -0.39 is 0 Å². The van der Waals surface area contributed by atoms with Crippen molar-refractivity contribution in [3.8, 4) is 5.75 Å². The summed E-state index contributed by atoms with van der Waals surface area (Å²) in [6, 6.07) is 14.1. The first kappa shape index (κ1) is 16.1. The van der Waals surface area contributed by atoms with Gasteiger partial charge in [0.1, 0.15) is 12.4 Å². The summed E-state index contributed by atoms with van der Waals surface area (Å²) in [5.41, 5.74) is 3.49. The zero-order valence-corrected chi connectivity index (χ0v) is 14.3. The van der Waals surface area contributed by atoms with Crippen LogP contribution < -0.4 is 4.74 Å². The monoisotopic (exact) mass is 348 g/mol. The van der Waals surface area contributed by atoms with Crippen LogP contribution in [-0.2, 0) is 18.6 Å². The van der Waals surface area contributed by atoms with Crippen LogP contribution in [0.25, 0.3) is 0 Å². The highest BCUT2D eigenvalue weighted by Crippen LogP contribution is 2.27. The molecule has 0 atom stereocenters. The molecule has 0 aliphatic heterocycles. The van der Waals surface area contributed by atoms with Crippen LogP contribution in [0, 0.1) is 0 Å². The van der Waals surface area contributed by atoms with Crippen LogP contribution in [0.15, 0.2) is 46.9 Å². The van der Waals surface area contributed by atoms with Crippen molar-refractivity contribution in [2.24, 2.45) is 0 Å². The largest absolute Gasteiger partial charge is 0.488 e. The molecule has 0 saturated carbocycles. The predicted molar refractivity (Wildman–Crippen MR) is 89.5 cm³/mol. The van der Waals surface area contributed by atoms with Gasteiger partial charge < -0.3 is 9.84 Å². The predicted octanol–water partition coefficient (Wildman–Crippen LogP) is 4.82. The summed E-state index contributed by atoms with van der Waals surface area (Å²) < 4.78 is 6.68. The maximum Gasteiger partial charge on any atom is 0.134 e. The molecule has 0 heterocycles. The topological polar surface area (TPSA) is 29.5 Å². The minimum absolute atomic E-state index is 0.0349. The number of rotatable bonds is 4. The fourth-order valence-corrected chi connectivity index (χ4v) is 2.56. The fourth-order valence-electron chi connectivity index (χ4n) is 2.02. The van der Waals surface area contributed by atoms with Gasteiger partial charge in [0.25, 0.3) is 0 Å². The second-order valence-corrected chi connectivity index (χ2v) is 7.01. The quantitative estimate of drug-likeness (QED) is 0.858. The molecule has 0 unspecified atom stereocenters. The lowest BCUT2D eigenvalue weighted by atomic mass is 9.87. The van der Waals surface area contributed by atoms with E-state index in [1.807, 2.05) is 18.2 Å². The Bertz CT molecular complexity index is 598. The van der Waals surface area contributed by atoms with E-state index >= 15 is 0 Å². The zero-order chi connectivity index (χ0) is 15.5. The first-order valence-corrected chi connectivity index (χ1v) is 7.81. The Labute approximate surface area is 134 Å². The van der Waals surface area contributed by atoms with Crippen molar-refractivity contribution in [2.45, 2.75) is 39.4 Å². The molecule has 0 bridgehead atoms. The van der Waals surface area contributed by atoms with Crippen LogP contribution in [0.4, 0.5) is 0 Å². The number of hydrogen-bond acceptors (Lipinski definition) is 2. The summed E-state index contributed by atoms with van der Waals surface area (Å²) in [4.78, 5) is 0. The second kappa shape index (κ2) is 6.63. The smallest absolute Gasteiger partial charge is 0.134 e. The average molecular weight is 349 g/mol. The maximum atomic E-state index is 9.09. The first-order chi connectivity index (χ1) is 9.90. The molecule has 2 aromatic rings. The van der Waals surface area contributed by atoms with Gasteiger partial charge >= 0.3 is 0 Å². The Morgan fingerprint density at radius 1 is 1.00 bits per heavy atom. The third-order valence-corrected chi connectivity index (χ3v) is 4.01. The molecule has 0 amide bonds. The van der Waals surface area contributed by atoms with Crippen molar-refractivity contribution in [3.63, 3.8) is 0 Å². The van der Waals surface area contributed by atoms with Gasteiger partial charge in [-0.15, -0.1) is 0 Å². The van der Waals surface area contributed by atoms with Crippen molar-refractivity contribution in [1.29, 1.82) is 0 Å². The van der Waals surface area contributed by atoms with Gasteiger partial charge in [-0.05, 0) is 50.2 Å². The standard InChI is InChI=1S/C18H21BrO2/c1-18(2,3)15-7-4-13(5-8-15)12-21-17-9-6-14(11-20)10-16(17)19/h4-10,20H,11-12H2,1-3H3. The van der Waals surface area contributed by atoms with E-state index in [0.29, 0.717) is 6.61 Å². The summed E-state index contributed by atoms with van der Waals surface area (Å²) in [6.07, 6.45) is 0. The van der Waals surface area contributed by atoms with Gasteiger partial charge in [0, 0.05) is 0 Å². The van der Waals surface area contributed by atoms with Crippen LogP contribution in [0.2, 0.25) is 0 Å². The number of hydrogen-bond donors (Lipinski definition) is 1. The van der Waals surface area contributed by atoms with Gasteiger partial charge in [-0.1, -0.05) is 51.1 Å². The van der Waals surface area contributed by atoms with Crippen LogP contribution in [0.3, 0.4) is 0 Å². The van der Waals surface area contributed by atoms with Crippen molar-refractivity contribution >= 4 is 15.9 Å². The van der Waals surface area contributed by atoms with Gasteiger partial charge in [0.2, 0.25) is 0 Å². The Hall–Kier alpha value is -1.32. The number of aliphatic hydroxyl groups excluding tert-OH is 1. The van der Waals surface area contributed by atoms with Gasteiger partial charge in [-0.25, -0.2) is 0 Å². The lowest BCUT2D eigenvalue weighted by Crippen LogP contribution is -2.10. The SMILES string of the molecule is CC(C)(C)c1ccc(COc2ccc(CO)cc2Br)cc1. The molecule has 0 radical (unpaired) electrons. The van der Waals surface area contributed by atoms with E-state index in [2.05, 4.69) is 61.0 Å². The molecule has 0 aliphatic rings. The Balaban J connectivity index is 2.03. The van der Waals surface area contributed by atoms with Crippen molar-refractivity contribution in [3.05, 3.63) is 63.6 Å². The van der Waals surface area contributed by atoms with Crippen molar-refractivity contribution < 1.29 is 9.84 Å². The van der Waals surface area contributed by atoms with Crippen LogP contribution in [-0.4, -0.2) is 5.11 Å². The molecule has 0 spiro atoms. The van der Waals surface area contributed by atoms with Crippen LogP contribution in [0.5, 0.6) is 5.75 Å². The molecule has 0 saturated heterocycles. The van der Waals surface area contributed by atoms with Gasteiger partial charge in [0.05, 0.1) is 11.1 Å². The lowest BCUT2D eigenvalue weighted by Gasteiger charge is -2.19. The highest BCUT2D eigenvalue weighted by atomic mass is 79.9. The zero-order valence-electron chi connectivity index (χ0n) is 12.7. The summed E-state index contributed by atoms with van der Waals surface area (Å²) >= 11 is 3.46. The molecule has 3 heteroatoms. The maximum absolute atomic E-state index is 9.09. The van der Waals surface area contributed by atoms with Gasteiger partial charge in [-0.3, -0.25) is 0 Å². The molecule has 2 nitrogen and oxygen atoms in total. The van der Waals surface area contributed by atoms with Crippen LogP contribution >= 0.6 is 15.9 Å². The lowest BCUT2D eigenvalue weighted by molar-refractivity contribution is 0.280. The number of halogens is 1. The molecule has 2 aromatic carbocycles. The van der Waals surface area contributed by atoms with Gasteiger partial charge in [0.15, 0.2) is 0 Å². The first-order valence-electron chi connectivity index (χ1n) is 7.01. The third kappa shape index (κ3) is 4.32. The molecule has 1 N–H and O–H groups in total. The molecule has 0 aliphatic carbocycles. The normalized spacial score (nSPS) is 11.5. The molecule has 112 valence electrons. The van der Waals surface area contributed by atoms with Crippen molar-refractivity contribution in [2.75, 3.05) is 0 Å². The number of benzene rings is 2. The van der Waals surface area contributed by atoms with Crippen molar-refractivity contribution in [1.82, 2.24) is 0 Å². The van der Waals surface area contributed by atoms with E-state index in [4.69, 9.17) is 9.84 Å². The molecule has 2 rings (SSSR count). The highest BCUT2D eigenvalue weighted by molar-refractivity contribution is 9.10. The van der Waals surface area contributed by atoms with Gasteiger partial charge in [-0.2, -0.15) is 0 Å². The van der Waals surface area contributed by atoms with E-state index in [1.54, 1.807) is 0 Å². The van der Waals surface area contributed by atoms with E-state index in [9.17, 15) is 0 Å². The summed E-state index contributed by atoms with van der Waals surface area (Å²) in [7, 11) is 0. The Kier molecular flexibility index (Phi) is 5.07. The fraction of sp³-hybridized carbons (Fsp3) is 0.333. The van der Waals surface area contributed by atoms with Crippen LogP contribution in [0.1, 0.15) is 37.5 Å². The molecule has 21 heavy (non-hydrogen) atoms. The molecule has 0 fully saturated rings. The Morgan fingerprint density at radius 2 is 1.62 bits per heavy atom. The van der Waals surface area contributed by atoms with E-state index in [0.717, 1.165) is 21.3 Å². The third-order valence-electron chi connectivity index (χ3n) is 3.39. The average Bonchev–Trinajstić information content (AvgIpc) is 2.45. The molecular formula is C18H21BrO2. The summed E-state index contributed by atoms with van der Waals surface area (Å²) in [5.74, 6) is 0.784. The van der Waals surface area contributed by atoms with E-state index in [1.165, 1.54) is 5.56 Å². The number of aliphatic hydroxyl groups is 1. The molecule has 0 aromatic heterocycles. The highest BCUT2D eigenvalue weighted by Gasteiger charge is 2.12. The molecular weight excluding hydrogens is 328 g/mol. The number of ether oxygens (including phenoxy) is 1. The summed E-state index contributed by atoms with van der Waals surface area (Å²) in [5, 5.41) is 9.09.